The number of rotatable bonds is 10. The second-order valence-electron chi connectivity index (χ2n) is 14.1. The van der Waals surface area contributed by atoms with Gasteiger partial charge in [0.15, 0.2) is 0 Å². The number of ether oxygens (including phenoxy) is 1. The van der Waals surface area contributed by atoms with Crippen LogP contribution in [0.4, 0.5) is 5.69 Å². The van der Waals surface area contributed by atoms with Crippen LogP contribution in [0, 0.1) is 5.92 Å². The first-order valence-electron chi connectivity index (χ1n) is 17.6. The van der Waals surface area contributed by atoms with Gasteiger partial charge in [-0.15, -0.1) is 11.3 Å². The topological polar surface area (TPSA) is 102 Å². The van der Waals surface area contributed by atoms with Crippen LogP contribution in [0.2, 0.25) is 10.0 Å². The average molecular weight is 728 g/mol. The maximum Gasteiger partial charge on any atom is 0.306 e. The molecule has 3 heterocycles. The minimum absolute atomic E-state index is 0.0139. The van der Waals surface area contributed by atoms with Gasteiger partial charge in [-0.2, -0.15) is 0 Å². The summed E-state index contributed by atoms with van der Waals surface area (Å²) >= 11 is 14.9. The van der Waals surface area contributed by atoms with Gasteiger partial charge in [0.25, 0.3) is 5.91 Å². The third kappa shape index (κ3) is 8.10. The van der Waals surface area contributed by atoms with Crippen molar-refractivity contribution < 1.29 is 24.2 Å². The summed E-state index contributed by atoms with van der Waals surface area (Å²) in [6.45, 7) is 5.31. The van der Waals surface area contributed by atoms with E-state index in [1.165, 1.54) is 24.2 Å². The highest BCUT2D eigenvalue weighted by Crippen LogP contribution is 2.34. The van der Waals surface area contributed by atoms with E-state index in [0.717, 1.165) is 68.0 Å². The lowest BCUT2D eigenvalue weighted by molar-refractivity contribution is -0.144. The summed E-state index contributed by atoms with van der Waals surface area (Å²) in [6, 6.07) is 12.0. The van der Waals surface area contributed by atoms with Crippen LogP contribution in [0.1, 0.15) is 67.3 Å². The molecule has 9 nitrogen and oxygen atoms in total. The molecule has 2 saturated heterocycles. The molecule has 49 heavy (non-hydrogen) atoms. The van der Waals surface area contributed by atoms with Crippen LogP contribution in [-0.4, -0.2) is 101 Å². The Labute approximate surface area is 301 Å². The van der Waals surface area contributed by atoms with Crippen molar-refractivity contribution in [3.8, 4) is 0 Å². The van der Waals surface area contributed by atoms with E-state index in [4.69, 9.17) is 27.9 Å². The van der Waals surface area contributed by atoms with E-state index in [1.54, 1.807) is 12.1 Å². The Hall–Kier alpha value is -2.73. The number of carboxylic acid groups (broad SMARTS) is 1. The maximum absolute atomic E-state index is 14.1. The standard InChI is InChI=1S/C37H44Cl2N4O5S/c38-31-19-33(40-36(45)30-22-49-34-5-2-1-4-29(30)34)32(39)16-24(31)17-35(44)43-20-26(42-13-3-12-41(14-15-42)25-8-9-25)18-27(43)21-48-28-10-6-23(7-11-28)37(46)47/h1-2,4-5,16,19,22-23,25-28H,3,6-15,17-18,20-21H2,(H,40,45)(H,46,47)/t23-,26-,27-,28-/m0/s1. The van der Waals surface area contributed by atoms with Crippen molar-refractivity contribution in [3.63, 3.8) is 0 Å². The predicted octanol–water partition coefficient (Wildman–Crippen LogP) is 6.80. The largest absolute Gasteiger partial charge is 0.481 e. The molecular formula is C37H44Cl2N4O5S. The number of nitrogens with one attached hydrogen (secondary N) is 1. The van der Waals surface area contributed by atoms with Crippen molar-refractivity contribution in [2.45, 2.75) is 82.0 Å². The van der Waals surface area contributed by atoms with E-state index in [9.17, 15) is 19.5 Å². The zero-order valence-corrected chi connectivity index (χ0v) is 29.9. The van der Waals surface area contributed by atoms with Crippen molar-refractivity contribution in [2.24, 2.45) is 5.92 Å². The maximum atomic E-state index is 14.1. The quantitative estimate of drug-likeness (QED) is 0.237. The molecule has 2 aliphatic heterocycles. The number of likely N-dealkylation sites (tertiary alicyclic amines) is 1. The van der Waals surface area contributed by atoms with Gasteiger partial charge in [0.1, 0.15) is 0 Å². The van der Waals surface area contributed by atoms with Crippen LogP contribution in [0.3, 0.4) is 0 Å². The van der Waals surface area contributed by atoms with Gasteiger partial charge in [-0.25, -0.2) is 0 Å². The van der Waals surface area contributed by atoms with Gasteiger partial charge in [0.05, 0.1) is 47.4 Å². The van der Waals surface area contributed by atoms with E-state index in [-0.39, 0.29) is 42.3 Å². The first-order chi connectivity index (χ1) is 23.7. The molecule has 2 aliphatic carbocycles. The third-order valence-electron chi connectivity index (χ3n) is 10.9. The number of anilines is 1. The van der Waals surface area contributed by atoms with E-state index < -0.39 is 5.97 Å². The number of aliphatic carboxylic acids is 1. The lowest BCUT2D eigenvalue weighted by Crippen LogP contribution is -2.42. The Bertz CT molecular complexity index is 1690. The van der Waals surface area contributed by atoms with Crippen molar-refractivity contribution in [1.82, 2.24) is 14.7 Å². The van der Waals surface area contributed by atoms with Gasteiger partial charge in [-0.3, -0.25) is 24.2 Å². The van der Waals surface area contributed by atoms with Gasteiger partial charge in [-0.1, -0.05) is 41.4 Å². The number of hydrogen-bond acceptors (Lipinski definition) is 7. The fourth-order valence-electron chi connectivity index (χ4n) is 7.90. The molecule has 0 radical (unpaired) electrons. The number of fused-ring (bicyclic) bond motifs is 1. The summed E-state index contributed by atoms with van der Waals surface area (Å²) < 4.78 is 7.42. The number of carboxylic acids is 1. The molecule has 2 N–H and O–H groups in total. The first kappa shape index (κ1) is 34.7. The highest BCUT2D eigenvalue weighted by Gasteiger charge is 2.40. The summed E-state index contributed by atoms with van der Waals surface area (Å²) in [7, 11) is 0. The Morgan fingerprint density at radius 1 is 0.918 bits per heavy atom. The predicted molar refractivity (Wildman–Crippen MR) is 194 cm³/mol. The van der Waals surface area contributed by atoms with Crippen molar-refractivity contribution in [1.29, 1.82) is 0 Å². The Morgan fingerprint density at radius 3 is 2.39 bits per heavy atom. The number of hydrogen-bond donors (Lipinski definition) is 2. The molecule has 0 spiro atoms. The van der Waals surface area contributed by atoms with Crippen LogP contribution >= 0.6 is 34.5 Å². The number of carbonyl (C=O) groups excluding carboxylic acids is 2. The summed E-state index contributed by atoms with van der Waals surface area (Å²) in [5.74, 6) is -1.31. The van der Waals surface area contributed by atoms with E-state index in [0.29, 0.717) is 52.9 Å². The second-order valence-corrected chi connectivity index (χ2v) is 15.8. The Balaban J connectivity index is 1.02. The van der Waals surface area contributed by atoms with Crippen molar-refractivity contribution in [2.75, 3.05) is 44.6 Å². The lowest BCUT2D eigenvalue weighted by atomic mass is 9.87. The summed E-state index contributed by atoms with van der Waals surface area (Å²) in [4.78, 5) is 45.8. The van der Waals surface area contributed by atoms with Crippen LogP contribution in [0.5, 0.6) is 0 Å². The molecule has 2 saturated carbocycles. The number of nitrogens with zero attached hydrogens (tertiary/aromatic N) is 3. The van der Waals surface area contributed by atoms with E-state index in [2.05, 4.69) is 15.1 Å². The minimum Gasteiger partial charge on any atom is -0.481 e. The molecule has 2 atom stereocenters. The van der Waals surface area contributed by atoms with Crippen LogP contribution in [-0.2, 0) is 20.7 Å². The molecular weight excluding hydrogens is 683 g/mol. The Morgan fingerprint density at radius 2 is 1.65 bits per heavy atom. The normalized spacial score (nSPS) is 25.4. The number of amides is 2. The molecule has 7 rings (SSSR count). The molecule has 4 aliphatic rings. The fourth-order valence-corrected chi connectivity index (χ4v) is 9.30. The molecule has 2 amide bonds. The molecule has 3 aromatic rings. The zero-order chi connectivity index (χ0) is 34.1. The fraction of sp³-hybridized carbons (Fsp3) is 0.541. The Kier molecular flexibility index (Phi) is 10.8. The number of thiophene rings is 1. The van der Waals surface area contributed by atoms with Crippen LogP contribution in [0.25, 0.3) is 10.1 Å². The summed E-state index contributed by atoms with van der Waals surface area (Å²) in [5.41, 5.74) is 1.58. The van der Waals surface area contributed by atoms with Gasteiger partial charge in [0, 0.05) is 52.2 Å². The monoisotopic (exact) mass is 726 g/mol. The summed E-state index contributed by atoms with van der Waals surface area (Å²) in [5, 5.41) is 15.7. The first-order valence-corrected chi connectivity index (χ1v) is 19.2. The number of halogens is 2. The number of carbonyl (C=O) groups is 3. The van der Waals surface area contributed by atoms with Gasteiger partial charge in [-0.05, 0) is 88.2 Å². The molecule has 1 aromatic heterocycles. The summed E-state index contributed by atoms with van der Waals surface area (Å²) in [6.07, 6.45) is 7.40. The molecule has 2 aromatic carbocycles. The highest BCUT2D eigenvalue weighted by molar-refractivity contribution is 7.17. The third-order valence-corrected chi connectivity index (χ3v) is 12.5. The van der Waals surface area contributed by atoms with Crippen molar-refractivity contribution in [3.05, 3.63) is 63.0 Å². The van der Waals surface area contributed by atoms with E-state index in [1.807, 2.05) is 34.5 Å². The van der Waals surface area contributed by atoms with Crippen LogP contribution in [0.15, 0.2) is 41.8 Å². The second kappa shape index (κ2) is 15.3. The molecule has 0 unspecified atom stereocenters. The smallest absolute Gasteiger partial charge is 0.306 e. The average Bonchev–Trinajstić information content (AvgIpc) is 3.78. The van der Waals surface area contributed by atoms with Gasteiger partial charge in [0.2, 0.25) is 5.91 Å². The molecule has 4 fully saturated rings. The van der Waals surface area contributed by atoms with Crippen LogP contribution < -0.4 is 5.32 Å². The minimum atomic E-state index is -0.725. The van der Waals surface area contributed by atoms with Crippen molar-refractivity contribution >= 4 is 68.1 Å². The lowest BCUT2D eigenvalue weighted by Gasteiger charge is -2.30. The molecule has 0 bridgehead atoms. The molecule has 262 valence electrons. The zero-order valence-electron chi connectivity index (χ0n) is 27.6. The SMILES string of the molecule is O=C(Nc1cc(Cl)c(CC(=O)N2C[C@@H](N3CCCN(C4CC4)CC3)C[C@H]2CO[C@H]2CC[C@H](C(=O)O)CC2)cc1Cl)c1csc2ccccc12. The highest BCUT2D eigenvalue weighted by atomic mass is 35.5. The number of benzene rings is 2. The van der Waals surface area contributed by atoms with Gasteiger partial charge < -0.3 is 20.1 Å². The van der Waals surface area contributed by atoms with E-state index >= 15 is 0 Å². The van der Waals surface area contributed by atoms with Gasteiger partial charge >= 0.3 is 5.97 Å². The molecule has 12 heteroatoms.